The number of aromatic hydroxyl groups is 2. The van der Waals surface area contributed by atoms with Crippen LogP contribution in [0, 0.1) is 5.92 Å². The lowest BCUT2D eigenvalue weighted by Crippen LogP contribution is -2.36. The van der Waals surface area contributed by atoms with Crippen molar-refractivity contribution in [2.75, 3.05) is 14.2 Å². The normalized spacial score (nSPS) is 14.5. The maximum atomic E-state index is 10.6. The van der Waals surface area contributed by atoms with Gasteiger partial charge in [0.25, 0.3) is 0 Å². The molecule has 0 radical (unpaired) electrons. The summed E-state index contributed by atoms with van der Waals surface area (Å²) in [5.41, 5.74) is 7.47. The van der Waals surface area contributed by atoms with Crippen molar-refractivity contribution in [1.29, 1.82) is 0 Å². The summed E-state index contributed by atoms with van der Waals surface area (Å²) in [5.74, 6) is 0.452. The van der Waals surface area contributed by atoms with E-state index in [2.05, 4.69) is 0 Å². The van der Waals surface area contributed by atoms with Gasteiger partial charge in [0, 0.05) is 17.7 Å². The highest BCUT2D eigenvalue weighted by Crippen LogP contribution is 2.36. The fourth-order valence-corrected chi connectivity index (χ4v) is 3.10. The van der Waals surface area contributed by atoms with E-state index in [0.29, 0.717) is 17.9 Å². The summed E-state index contributed by atoms with van der Waals surface area (Å²) in [6.45, 7) is 1.92. The van der Waals surface area contributed by atoms with Gasteiger partial charge in [-0.25, -0.2) is 0 Å². The average molecular weight is 382 g/mol. The number of hydrogen-bond donors (Lipinski definition) is 4. The maximum absolute atomic E-state index is 10.6. The number of rotatable bonds is 7. The average Bonchev–Trinajstić information content (AvgIpc) is 2.63. The number of ether oxygens (including phenoxy) is 2. The molecule has 7 heteroatoms. The molecule has 0 heterocycles. The molecule has 2 aromatic carbocycles. The Bertz CT molecular complexity index is 768. The molecule has 6 nitrogen and oxygen atoms in total. The van der Waals surface area contributed by atoms with Gasteiger partial charge in [0.05, 0.1) is 25.3 Å². The van der Waals surface area contributed by atoms with E-state index < -0.39 is 12.1 Å². The number of aliphatic hydroxyl groups is 1. The van der Waals surface area contributed by atoms with Crippen LogP contribution in [0.1, 0.15) is 24.2 Å². The molecule has 0 aromatic heterocycles. The van der Waals surface area contributed by atoms with Gasteiger partial charge in [-0.1, -0.05) is 24.6 Å². The third kappa shape index (κ3) is 4.33. The molecule has 0 spiro atoms. The van der Waals surface area contributed by atoms with E-state index >= 15 is 0 Å². The number of phenols is 2. The minimum Gasteiger partial charge on any atom is -0.504 e. The topological polar surface area (TPSA) is 105 Å². The Labute approximate surface area is 157 Å². The van der Waals surface area contributed by atoms with E-state index in [-0.39, 0.29) is 28.0 Å². The number of benzene rings is 2. The molecule has 142 valence electrons. The van der Waals surface area contributed by atoms with Gasteiger partial charge in [-0.05, 0) is 36.1 Å². The van der Waals surface area contributed by atoms with E-state index in [1.807, 2.05) is 25.1 Å². The molecule has 5 N–H and O–H groups in total. The number of hydrogen-bond acceptors (Lipinski definition) is 6. The highest BCUT2D eigenvalue weighted by Gasteiger charge is 2.26. The second-order valence-corrected chi connectivity index (χ2v) is 6.66. The summed E-state index contributed by atoms with van der Waals surface area (Å²) in [6.07, 6.45) is -0.496. The van der Waals surface area contributed by atoms with E-state index in [1.165, 1.54) is 12.1 Å². The first-order valence-corrected chi connectivity index (χ1v) is 8.52. The second-order valence-electron chi connectivity index (χ2n) is 6.26. The van der Waals surface area contributed by atoms with E-state index in [4.69, 9.17) is 26.8 Å². The van der Waals surface area contributed by atoms with Crippen LogP contribution in [0.25, 0.3) is 0 Å². The van der Waals surface area contributed by atoms with Crippen LogP contribution in [0.2, 0.25) is 5.02 Å². The standard InChI is InChI=1S/C19H24ClNO5/c1-10(6-11-4-5-16(25-2)17(7-11)26-3)18(21)19(24)12-8-14(22)15(23)9-13(12)20/h4-5,7-10,18-19,22-24H,6,21H2,1-3H3. The molecule has 0 aliphatic carbocycles. The fourth-order valence-electron chi connectivity index (χ4n) is 2.83. The van der Waals surface area contributed by atoms with Gasteiger partial charge < -0.3 is 30.5 Å². The van der Waals surface area contributed by atoms with Crippen molar-refractivity contribution in [3.05, 3.63) is 46.5 Å². The Balaban J connectivity index is 2.16. The zero-order valence-corrected chi connectivity index (χ0v) is 15.7. The predicted octanol–water partition coefficient (Wildman–Crippen LogP) is 3.01. The van der Waals surface area contributed by atoms with Crippen molar-refractivity contribution >= 4 is 11.6 Å². The Morgan fingerprint density at radius 2 is 1.65 bits per heavy atom. The van der Waals surface area contributed by atoms with Gasteiger partial charge in [0.1, 0.15) is 0 Å². The van der Waals surface area contributed by atoms with E-state index in [9.17, 15) is 15.3 Å². The quantitative estimate of drug-likeness (QED) is 0.549. The Morgan fingerprint density at radius 1 is 1.04 bits per heavy atom. The zero-order chi connectivity index (χ0) is 19.4. The number of phenolic OH excluding ortho intramolecular Hbond substituents is 2. The van der Waals surface area contributed by atoms with Crippen LogP contribution in [0.3, 0.4) is 0 Å². The zero-order valence-electron chi connectivity index (χ0n) is 14.9. The van der Waals surface area contributed by atoms with Crippen molar-refractivity contribution in [3.63, 3.8) is 0 Å². The van der Waals surface area contributed by atoms with Crippen LogP contribution >= 0.6 is 11.6 Å². The van der Waals surface area contributed by atoms with Crippen LogP contribution in [0.4, 0.5) is 0 Å². The predicted molar refractivity (Wildman–Crippen MR) is 100 cm³/mol. The van der Waals surface area contributed by atoms with Gasteiger partial charge in [-0.2, -0.15) is 0 Å². The molecular formula is C19H24ClNO5. The first kappa shape index (κ1) is 20.2. The minimum absolute atomic E-state index is 0.102. The number of nitrogens with two attached hydrogens (primary N) is 1. The van der Waals surface area contributed by atoms with Gasteiger partial charge in [0.15, 0.2) is 23.0 Å². The highest BCUT2D eigenvalue weighted by molar-refractivity contribution is 6.31. The summed E-state index contributed by atoms with van der Waals surface area (Å²) in [5, 5.41) is 29.8. The largest absolute Gasteiger partial charge is 0.504 e. The monoisotopic (exact) mass is 381 g/mol. The van der Waals surface area contributed by atoms with Crippen molar-refractivity contribution in [2.45, 2.75) is 25.5 Å². The molecule has 2 rings (SSSR count). The van der Waals surface area contributed by atoms with Gasteiger partial charge in [-0.15, -0.1) is 0 Å². The van der Waals surface area contributed by atoms with Crippen LogP contribution in [-0.4, -0.2) is 35.6 Å². The Hall–Kier alpha value is -2.15. The third-order valence-corrected chi connectivity index (χ3v) is 4.77. The number of methoxy groups -OCH3 is 2. The van der Waals surface area contributed by atoms with Gasteiger partial charge in [-0.3, -0.25) is 0 Å². The maximum Gasteiger partial charge on any atom is 0.160 e. The molecule has 0 amide bonds. The summed E-state index contributed by atoms with van der Waals surface area (Å²) < 4.78 is 10.5. The molecular weight excluding hydrogens is 358 g/mol. The van der Waals surface area contributed by atoms with Crippen LogP contribution < -0.4 is 15.2 Å². The van der Waals surface area contributed by atoms with Crippen molar-refractivity contribution in [1.82, 2.24) is 0 Å². The van der Waals surface area contributed by atoms with Crippen molar-refractivity contribution in [3.8, 4) is 23.0 Å². The lowest BCUT2D eigenvalue weighted by atomic mass is 9.88. The number of halogens is 1. The molecule has 0 fully saturated rings. The molecule has 26 heavy (non-hydrogen) atoms. The van der Waals surface area contributed by atoms with Crippen molar-refractivity contribution < 1.29 is 24.8 Å². The van der Waals surface area contributed by atoms with Gasteiger partial charge in [0.2, 0.25) is 0 Å². The van der Waals surface area contributed by atoms with Crippen molar-refractivity contribution in [2.24, 2.45) is 11.7 Å². The molecule has 0 saturated carbocycles. The third-order valence-electron chi connectivity index (χ3n) is 4.44. The fraction of sp³-hybridized carbons (Fsp3) is 0.368. The molecule has 3 atom stereocenters. The van der Waals surface area contributed by atoms with Crippen LogP contribution in [-0.2, 0) is 6.42 Å². The SMILES string of the molecule is COc1ccc(CC(C)C(N)C(O)c2cc(O)c(O)cc2Cl)cc1OC. The number of aliphatic hydroxyl groups excluding tert-OH is 1. The second kappa shape index (κ2) is 8.49. The first-order valence-electron chi connectivity index (χ1n) is 8.14. The molecule has 0 aliphatic heterocycles. The molecule has 0 bridgehead atoms. The van der Waals surface area contributed by atoms with E-state index in [0.717, 1.165) is 5.56 Å². The molecule has 2 aromatic rings. The summed E-state index contributed by atoms with van der Waals surface area (Å²) in [6, 6.07) is 7.37. The lowest BCUT2D eigenvalue weighted by molar-refractivity contribution is 0.121. The molecule has 0 saturated heterocycles. The van der Waals surface area contributed by atoms with E-state index in [1.54, 1.807) is 14.2 Å². The Morgan fingerprint density at radius 3 is 2.27 bits per heavy atom. The smallest absolute Gasteiger partial charge is 0.160 e. The minimum atomic E-state index is -1.09. The van der Waals surface area contributed by atoms with Gasteiger partial charge >= 0.3 is 0 Å². The first-order chi connectivity index (χ1) is 12.3. The Kier molecular flexibility index (Phi) is 6.58. The molecule has 0 aliphatic rings. The highest BCUT2D eigenvalue weighted by atomic mass is 35.5. The van der Waals surface area contributed by atoms with Crippen LogP contribution in [0.15, 0.2) is 30.3 Å². The molecule has 3 unspecified atom stereocenters. The summed E-state index contributed by atoms with van der Waals surface area (Å²) in [7, 11) is 3.14. The lowest BCUT2D eigenvalue weighted by Gasteiger charge is -2.26. The van der Waals surface area contributed by atoms with Crippen LogP contribution in [0.5, 0.6) is 23.0 Å². The summed E-state index contributed by atoms with van der Waals surface area (Å²) in [4.78, 5) is 0. The summed E-state index contributed by atoms with van der Waals surface area (Å²) >= 11 is 6.06.